The number of carbonyl (C=O) groups is 1. The van der Waals surface area contributed by atoms with Crippen LogP contribution in [0.5, 0.6) is 0 Å². The Morgan fingerprint density at radius 1 is 1.23 bits per heavy atom. The zero-order valence-electron chi connectivity index (χ0n) is 12.7. The zero-order chi connectivity index (χ0) is 15.7. The molecule has 0 radical (unpaired) electrons. The SMILES string of the molecule is CC(=O)N1c2ccc(Br)cc2C(Nc2ccccc2)CC1C. The molecule has 2 aromatic rings. The standard InChI is InChI=1S/C18H19BrN2O/c1-12-10-17(20-15-6-4-3-5-7-15)16-11-14(19)8-9-18(16)21(12)13(2)22/h3-9,11-12,17,20H,10H2,1-2H3. The fourth-order valence-electron chi connectivity index (χ4n) is 3.19. The highest BCUT2D eigenvalue weighted by Crippen LogP contribution is 2.40. The molecule has 0 aliphatic carbocycles. The first-order valence-corrected chi connectivity index (χ1v) is 8.26. The topological polar surface area (TPSA) is 32.3 Å². The summed E-state index contributed by atoms with van der Waals surface area (Å²) in [5.74, 6) is 0.0919. The largest absolute Gasteiger partial charge is 0.378 e. The van der Waals surface area contributed by atoms with Crippen molar-refractivity contribution in [2.45, 2.75) is 32.4 Å². The van der Waals surface area contributed by atoms with Crippen molar-refractivity contribution in [3.05, 3.63) is 58.6 Å². The van der Waals surface area contributed by atoms with Crippen molar-refractivity contribution < 1.29 is 4.79 Å². The highest BCUT2D eigenvalue weighted by Gasteiger charge is 2.32. The first kappa shape index (κ1) is 15.1. The third-order valence-electron chi connectivity index (χ3n) is 4.10. The number of nitrogens with zero attached hydrogens (tertiary/aromatic N) is 1. The summed E-state index contributed by atoms with van der Waals surface area (Å²) in [5.41, 5.74) is 3.26. The van der Waals surface area contributed by atoms with Gasteiger partial charge in [0.1, 0.15) is 0 Å². The number of amides is 1. The summed E-state index contributed by atoms with van der Waals surface area (Å²) in [4.78, 5) is 13.9. The van der Waals surface area contributed by atoms with Crippen LogP contribution in [0.4, 0.5) is 11.4 Å². The first-order valence-electron chi connectivity index (χ1n) is 7.47. The van der Waals surface area contributed by atoms with E-state index < -0.39 is 0 Å². The molecule has 114 valence electrons. The molecule has 0 saturated heterocycles. The van der Waals surface area contributed by atoms with Gasteiger partial charge in [0.25, 0.3) is 0 Å². The molecule has 0 bridgehead atoms. The zero-order valence-corrected chi connectivity index (χ0v) is 14.3. The van der Waals surface area contributed by atoms with Crippen molar-refractivity contribution in [2.24, 2.45) is 0 Å². The van der Waals surface area contributed by atoms with Gasteiger partial charge in [0.05, 0.1) is 6.04 Å². The van der Waals surface area contributed by atoms with Crippen molar-refractivity contribution in [3.8, 4) is 0 Å². The molecule has 1 heterocycles. The third-order valence-corrected chi connectivity index (χ3v) is 4.59. The summed E-state index contributed by atoms with van der Waals surface area (Å²) in [7, 11) is 0. The summed E-state index contributed by atoms with van der Waals surface area (Å²) in [6.45, 7) is 3.74. The number of carbonyl (C=O) groups excluding carboxylic acids is 1. The predicted octanol–water partition coefficient (Wildman–Crippen LogP) is 4.75. The number of anilines is 2. The normalized spacial score (nSPS) is 20.4. The Bertz CT molecular complexity index is 687. The number of hydrogen-bond acceptors (Lipinski definition) is 2. The Balaban J connectivity index is 2.00. The Morgan fingerprint density at radius 2 is 1.95 bits per heavy atom. The minimum absolute atomic E-state index is 0.0919. The van der Waals surface area contributed by atoms with E-state index in [4.69, 9.17) is 0 Å². The fourth-order valence-corrected chi connectivity index (χ4v) is 3.57. The molecule has 0 aromatic heterocycles. The lowest BCUT2D eigenvalue weighted by Crippen LogP contribution is -2.43. The average molecular weight is 359 g/mol. The van der Waals surface area contributed by atoms with Crippen LogP contribution in [-0.4, -0.2) is 11.9 Å². The third kappa shape index (κ3) is 2.88. The molecule has 4 heteroatoms. The summed E-state index contributed by atoms with van der Waals surface area (Å²) in [6.07, 6.45) is 0.887. The minimum Gasteiger partial charge on any atom is -0.378 e. The van der Waals surface area contributed by atoms with Gasteiger partial charge in [-0.15, -0.1) is 0 Å². The van der Waals surface area contributed by atoms with E-state index in [1.165, 1.54) is 0 Å². The van der Waals surface area contributed by atoms with E-state index in [0.29, 0.717) is 0 Å². The summed E-state index contributed by atoms with van der Waals surface area (Å²) >= 11 is 3.54. The van der Waals surface area contributed by atoms with Crippen LogP contribution in [0.1, 0.15) is 31.9 Å². The van der Waals surface area contributed by atoms with Gasteiger partial charge in [-0.2, -0.15) is 0 Å². The number of hydrogen-bond donors (Lipinski definition) is 1. The second kappa shape index (κ2) is 6.13. The quantitative estimate of drug-likeness (QED) is 0.840. The summed E-state index contributed by atoms with van der Waals surface area (Å²) < 4.78 is 1.03. The molecule has 2 unspecified atom stereocenters. The Hall–Kier alpha value is -1.81. The second-order valence-electron chi connectivity index (χ2n) is 5.74. The van der Waals surface area contributed by atoms with Crippen LogP contribution in [0.15, 0.2) is 53.0 Å². The van der Waals surface area contributed by atoms with Crippen LogP contribution < -0.4 is 10.2 Å². The molecular formula is C18H19BrN2O. The highest BCUT2D eigenvalue weighted by atomic mass is 79.9. The van der Waals surface area contributed by atoms with Gasteiger partial charge in [-0.25, -0.2) is 0 Å². The molecular weight excluding hydrogens is 340 g/mol. The molecule has 1 amide bonds. The van der Waals surface area contributed by atoms with Gasteiger partial charge in [-0.1, -0.05) is 34.1 Å². The molecule has 3 rings (SSSR count). The van der Waals surface area contributed by atoms with Gasteiger partial charge < -0.3 is 10.2 Å². The monoisotopic (exact) mass is 358 g/mol. The van der Waals surface area contributed by atoms with Crippen LogP contribution in [0.25, 0.3) is 0 Å². The van der Waals surface area contributed by atoms with Crippen LogP contribution in [-0.2, 0) is 4.79 Å². The molecule has 0 fully saturated rings. The smallest absolute Gasteiger partial charge is 0.224 e. The van der Waals surface area contributed by atoms with E-state index in [1.54, 1.807) is 6.92 Å². The number of fused-ring (bicyclic) bond motifs is 1. The Labute approximate surface area is 139 Å². The van der Waals surface area contributed by atoms with Gasteiger partial charge >= 0.3 is 0 Å². The first-order chi connectivity index (χ1) is 10.6. The fraction of sp³-hybridized carbons (Fsp3) is 0.278. The molecule has 2 aromatic carbocycles. The maximum absolute atomic E-state index is 12.0. The molecule has 1 aliphatic heterocycles. The molecule has 0 saturated carbocycles. The molecule has 22 heavy (non-hydrogen) atoms. The van der Waals surface area contributed by atoms with Crippen LogP contribution in [0, 0.1) is 0 Å². The molecule has 0 spiro atoms. The van der Waals surface area contributed by atoms with Gasteiger partial charge in [0.2, 0.25) is 5.91 Å². The Morgan fingerprint density at radius 3 is 2.64 bits per heavy atom. The number of rotatable bonds is 2. The predicted molar refractivity (Wildman–Crippen MR) is 94.2 cm³/mol. The minimum atomic E-state index is 0.0919. The maximum atomic E-state index is 12.0. The number of nitrogens with one attached hydrogen (secondary N) is 1. The summed E-state index contributed by atoms with van der Waals surface area (Å²) in [5, 5.41) is 3.60. The van der Waals surface area contributed by atoms with Gasteiger partial charge in [0.15, 0.2) is 0 Å². The lowest BCUT2D eigenvalue weighted by Gasteiger charge is -2.39. The maximum Gasteiger partial charge on any atom is 0.224 e. The summed E-state index contributed by atoms with van der Waals surface area (Å²) in [6, 6.07) is 16.7. The number of para-hydroxylation sites is 1. The van der Waals surface area contributed by atoms with Crippen molar-refractivity contribution in [2.75, 3.05) is 10.2 Å². The Kier molecular flexibility index (Phi) is 4.21. The lowest BCUT2D eigenvalue weighted by atomic mass is 9.91. The van der Waals surface area contributed by atoms with Crippen molar-refractivity contribution in [1.82, 2.24) is 0 Å². The highest BCUT2D eigenvalue weighted by molar-refractivity contribution is 9.10. The van der Waals surface area contributed by atoms with E-state index in [1.807, 2.05) is 35.2 Å². The van der Waals surface area contributed by atoms with Crippen molar-refractivity contribution >= 4 is 33.2 Å². The molecule has 3 nitrogen and oxygen atoms in total. The second-order valence-corrected chi connectivity index (χ2v) is 6.66. The number of benzene rings is 2. The van der Waals surface area contributed by atoms with Crippen molar-refractivity contribution in [1.29, 1.82) is 0 Å². The average Bonchev–Trinajstić information content (AvgIpc) is 2.48. The van der Waals surface area contributed by atoms with E-state index in [0.717, 1.165) is 27.8 Å². The van der Waals surface area contributed by atoms with E-state index >= 15 is 0 Å². The molecule has 1 N–H and O–H groups in total. The molecule has 2 atom stereocenters. The van der Waals surface area contributed by atoms with Crippen LogP contribution in [0.2, 0.25) is 0 Å². The van der Waals surface area contributed by atoms with E-state index in [2.05, 4.69) is 46.4 Å². The van der Waals surface area contributed by atoms with E-state index in [9.17, 15) is 4.79 Å². The number of halogens is 1. The van der Waals surface area contributed by atoms with Gasteiger partial charge in [-0.05, 0) is 49.2 Å². The molecule has 1 aliphatic rings. The van der Waals surface area contributed by atoms with Crippen molar-refractivity contribution in [3.63, 3.8) is 0 Å². The van der Waals surface area contributed by atoms with Gasteiger partial charge in [-0.3, -0.25) is 4.79 Å². The van der Waals surface area contributed by atoms with Gasteiger partial charge in [0, 0.05) is 28.8 Å². The van der Waals surface area contributed by atoms with Crippen LogP contribution >= 0.6 is 15.9 Å². The lowest BCUT2D eigenvalue weighted by molar-refractivity contribution is -0.117. The van der Waals surface area contributed by atoms with Crippen LogP contribution in [0.3, 0.4) is 0 Å². The van der Waals surface area contributed by atoms with E-state index in [-0.39, 0.29) is 18.0 Å².